The Bertz CT molecular complexity index is 832. The molecular formula is C18H22N2O4S. The van der Waals surface area contributed by atoms with Gasteiger partial charge in [-0.3, -0.25) is 9.10 Å². The number of benzene rings is 2. The summed E-state index contributed by atoms with van der Waals surface area (Å²) in [5.74, 6) is 0.288. The van der Waals surface area contributed by atoms with Gasteiger partial charge in [-0.2, -0.15) is 0 Å². The highest BCUT2D eigenvalue weighted by Crippen LogP contribution is 2.22. The summed E-state index contributed by atoms with van der Waals surface area (Å²) in [5, 5.41) is 2.70. The van der Waals surface area contributed by atoms with Gasteiger partial charge in [-0.25, -0.2) is 8.42 Å². The number of rotatable bonds is 7. The van der Waals surface area contributed by atoms with Crippen LogP contribution in [0.4, 0.5) is 11.4 Å². The van der Waals surface area contributed by atoms with E-state index in [0.717, 1.165) is 16.1 Å². The first-order chi connectivity index (χ1) is 11.8. The van der Waals surface area contributed by atoms with Crippen molar-refractivity contribution < 1.29 is 17.9 Å². The second-order valence-electron chi connectivity index (χ2n) is 5.56. The molecule has 0 heterocycles. The van der Waals surface area contributed by atoms with E-state index in [4.69, 9.17) is 4.74 Å². The molecule has 0 unspecified atom stereocenters. The molecular weight excluding hydrogens is 340 g/mol. The zero-order chi connectivity index (χ0) is 18.4. The second kappa shape index (κ2) is 8.02. The second-order valence-corrected chi connectivity index (χ2v) is 7.47. The molecule has 2 aromatic rings. The maximum absolute atomic E-state index is 12.3. The molecule has 0 aliphatic rings. The summed E-state index contributed by atoms with van der Waals surface area (Å²) >= 11 is 0. The molecule has 0 aromatic heterocycles. The standard InChI is InChI=1S/C18H22N2O4S/c1-4-24-16-11-9-15(10-12-16)19-18(21)13-20(25(3,22)23)17-8-6-5-7-14(17)2/h5-12H,4,13H2,1-3H3,(H,19,21). The number of nitrogens with one attached hydrogen (secondary N) is 1. The molecule has 0 aliphatic carbocycles. The zero-order valence-corrected chi connectivity index (χ0v) is 15.3. The number of carbonyl (C=O) groups excluding carboxylic acids is 1. The third kappa shape index (κ3) is 5.22. The Morgan fingerprint density at radius 2 is 1.76 bits per heavy atom. The number of sulfonamides is 1. The third-order valence-corrected chi connectivity index (χ3v) is 4.65. The van der Waals surface area contributed by atoms with Crippen LogP contribution in [0.5, 0.6) is 5.75 Å². The molecule has 2 aromatic carbocycles. The largest absolute Gasteiger partial charge is 0.494 e. The zero-order valence-electron chi connectivity index (χ0n) is 14.5. The topological polar surface area (TPSA) is 75.7 Å². The van der Waals surface area contributed by atoms with E-state index in [0.29, 0.717) is 23.7 Å². The molecule has 0 atom stereocenters. The van der Waals surface area contributed by atoms with Crippen LogP contribution in [0.3, 0.4) is 0 Å². The highest BCUT2D eigenvalue weighted by atomic mass is 32.2. The van der Waals surface area contributed by atoms with Crippen molar-refractivity contribution in [2.75, 3.05) is 29.0 Å². The molecule has 2 rings (SSSR count). The van der Waals surface area contributed by atoms with Gasteiger partial charge in [-0.15, -0.1) is 0 Å². The van der Waals surface area contributed by atoms with E-state index in [2.05, 4.69) is 5.32 Å². The lowest BCUT2D eigenvalue weighted by molar-refractivity contribution is -0.114. The molecule has 7 heteroatoms. The van der Waals surface area contributed by atoms with E-state index in [1.165, 1.54) is 0 Å². The van der Waals surface area contributed by atoms with Gasteiger partial charge in [0.2, 0.25) is 15.9 Å². The van der Waals surface area contributed by atoms with E-state index in [1.54, 1.807) is 49.4 Å². The Morgan fingerprint density at radius 3 is 2.32 bits per heavy atom. The quantitative estimate of drug-likeness (QED) is 0.822. The van der Waals surface area contributed by atoms with E-state index < -0.39 is 15.9 Å². The highest BCUT2D eigenvalue weighted by Gasteiger charge is 2.22. The number of carbonyl (C=O) groups is 1. The Balaban J connectivity index is 2.14. The van der Waals surface area contributed by atoms with Crippen molar-refractivity contribution >= 4 is 27.3 Å². The first-order valence-electron chi connectivity index (χ1n) is 7.87. The fourth-order valence-electron chi connectivity index (χ4n) is 2.36. The SMILES string of the molecule is CCOc1ccc(NC(=O)CN(c2ccccc2C)S(C)(=O)=O)cc1. The van der Waals surface area contributed by atoms with Crippen LogP contribution in [0.2, 0.25) is 0 Å². The number of hydrogen-bond donors (Lipinski definition) is 1. The van der Waals surface area contributed by atoms with Gasteiger partial charge in [-0.1, -0.05) is 18.2 Å². The number of para-hydroxylation sites is 1. The number of amides is 1. The molecule has 25 heavy (non-hydrogen) atoms. The van der Waals surface area contributed by atoms with Crippen molar-refractivity contribution in [3.05, 3.63) is 54.1 Å². The predicted octanol–water partition coefficient (Wildman–Crippen LogP) is 2.80. The Labute approximate surface area is 148 Å². The first kappa shape index (κ1) is 18.8. The Morgan fingerprint density at radius 1 is 1.12 bits per heavy atom. The van der Waals surface area contributed by atoms with Gasteiger partial charge in [-0.05, 0) is 49.7 Å². The fourth-order valence-corrected chi connectivity index (χ4v) is 3.27. The Hall–Kier alpha value is -2.54. The van der Waals surface area contributed by atoms with E-state index in [-0.39, 0.29) is 6.54 Å². The number of nitrogens with zero attached hydrogens (tertiary/aromatic N) is 1. The van der Waals surface area contributed by atoms with Gasteiger partial charge in [0.1, 0.15) is 12.3 Å². The lowest BCUT2D eigenvalue weighted by atomic mass is 10.2. The van der Waals surface area contributed by atoms with Gasteiger partial charge in [0.15, 0.2) is 0 Å². The molecule has 0 bridgehead atoms. The summed E-state index contributed by atoms with van der Waals surface area (Å²) in [6.07, 6.45) is 1.09. The van der Waals surface area contributed by atoms with Crippen molar-refractivity contribution in [1.29, 1.82) is 0 Å². The molecule has 134 valence electrons. The van der Waals surface area contributed by atoms with Crippen LogP contribution in [0.15, 0.2) is 48.5 Å². The van der Waals surface area contributed by atoms with Crippen LogP contribution in [0.1, 0.15) is 12.5 Å². The average Bonchev–Trinajstić information content (AvgIpc) is 2.55. The minimum atomic E-state index is -3.59. The van der Waals surface area contributed by atoms with E-state index in [9.17, 15) is 13.2 Å². The molecule has 6 nitrogen and oxygen atoms in total. The average molecular weight is 362 g/mol. The maximum Gasteiger partial charge on any atom is 0.245 e. The summed E-state index contributed by atoms with van der Waals surface area (Å²) < 4.78 is 30.7. The number of ether oxygens (including phenoxy) is 1. The summed E-state index contributed by atoms with van der Waals surface area (Å²) in [4.78, 5) is 12.3. The smallest absolute Gasteiger partial charge is 0.245 e. The van der Waals surface area contributed by atoms with Crippen LogP contribution in [-0.4, -0.2) is 33.7 Å². The molecule has 0 spiro atoms. The maximum atomic E-state index is 12.3. The highest BCUT2D eigenvalue weighted by molar-refractivity contribution is 7.92. The van der Waals surface area contributed by atoms with Gasteiger partial charge < -0.3 is 10.1 Å². The van der Waals surface area contributed by atoms with Crippen molar-refractivity contribution in [1.82, 2.24) is 0 Å². The van der Waals surface area contributed by atoms with Gasteiger partial charge in [0.05, 0.1) is 18.6 Å². The third-order valence-electron chi connectivity index (χ3n) is 3.52. The molecule has 0 radical (unpaired) electrons. The number of anilines is 2. The van der Waals surface area contributed by atoms with Crippen LogP contribution >= 0.6 is 0 Å². The molecule has 0 aliphatic heterocycles. The normalized spacial score (nSPS) is 11.0. The van der Waals surface area contributed by atoms with Crippen molar-refractivity contribution in [3.63, 3.8) is 0 Å². The number of aryl methyl sites for hydroxylation is 1. The molecule has 1 N–H and O–H groups in total. The van der Waals surface area contributed by atoms with E-state index >= 15 is 0 Å². The molecule has 0 saturated carbocycles. The summed E-state index contributed by atoms with van der Waals surface area (Å²) in [6, 6.07) is 14.0. The monoisotopic (exact) mass is 362 g/mol. The van der Waals surface area contributed by atoms with Crippen molar-refractivity contribution in [2.45, 2.75) is 13.8 Å². The van der Waals surface area contributed by atoms with Crippen LogP contribution in [0.25, 0.3) is 0 Å². The minimum absolute atomic E-state index is 0.295. The van der Waals surface area contributed by atoms with E-state index in [1.807, 2.05) is 13.0 Å². The van der Waals surface area contributed by atoms with Gasteiger partial charge in [0.25, 0.3) is 0 Å². The fraction of sp³-hybridized carbons (Fsp3) is 0.278. The van der Waals surface area contributed by atoms with Crippen molar-refractivity contribution in [2.24, 2.45) is 0 Å². The minimum Gasteiger partial charge on any atom is -0.494 e. The lowest BCUT2D eigenvalue weighted by Gasteiger charge is -2.23. The summed E-state index contributed by atoms with van der Waals surface area (Å²) in [6.45, 7) is 3.96. The first-order valence-corrected chi connectivity index (χ1v) is 9.72. The summed E-state index contributed by atoms with van der Waals surface area (Å²) in [7, 11) is -3.59. The Kier molecular flexibility index (Phi) is 6.03. The molecule has 0 fully saturated rings. The van der Waals surface area contributed by atoms with Gasteiger partial charge >= 0.3 is 0 Å². The van der Waals surface area contributed by atoms with Crippen molar-refractivity contribution in [3.8, 4) is 5.75 Å². The van der Waals surface area contributed by atoms with Crippen LogP contribution < -0.4 is 14.4 Å². The molecule has 1 amide bonds. The van der Waals surface area contributed by atoms with Crippen LogP contribution in [-0.2, 0) is 14.8 Å². The van der Waals surface area contributed by atoms with Crippen LogP contribution in [0, 0.1) is 6.92 Å². The van der Waals surface area contributed by atoms with Gasteiger partial charge in [0, 0.05) is 5.69 Å². The molecule has 0 saturated heterocycles. The number of hydrogen-bond acceptors (Lipinski definition) is 4. The predicted molar refractivity (Wildman–Crippen MR) is 99.6 cm³/mol. The lowest BCUT2D eigenvalue weighted by Crippen LogP contribution is -2.37. The summed E-state index contributed by atoms with van der Waals surface area (Å²) in [5.41, 5.74) is 1.85.